The van der Waals surface area contributed by atoms with E-state index in [0.717, 1.165) is 10.9 Å². The minimum absolute atomic E-state index is 0.115. The lowest BCUT2D eigenvalue weighted by atomic mass is 9.77. The Morgan fingerprint density at radius 3 is 2.43 bits per heavy atom. The van der Waals surface area contributed by atoms with Crippen molar-refractivity contribution in [3.63, 3.8) is 0 Å². The molecular weight excluding hydrogens is 265 g/mol. The Labute approximate surface area is 122 Å². The Morgan fingerprint density at radius 1 is 0.905 bits per heavy atom. The van der Waals surface area contributed by atoms with E-state index in [1.165, 1.54) is 6.07 Å². The van der Waals surface area contributed by atoms with Gasteiger partial charge in [0.15, 0.2) is 0 Å². The number of fused-ring (bicyclic) bond motifs is 1. The molecule has 0 atom stereocenters. The summed E-state index contributed by atoms with van der Waals surface area (Å²) in [5.41, 5.74) is 1.84. The fourth-order valence-electron chi connectivity index (χ4n) is 2.51. The third-order valence-electron chi connectivity index (χ3n) is 3.56. The zero-order chi connectivity index (χ0) is 14.8. The van der Waals surface area contributed by atoms with E-state index in [2.05, 4.69) is 0 Å². The van der Waals surface area contributed by atoms with E-state index in [9.17, 15) is 14.8 Å². The van der Waals surface area contributed by atoms with Crippen molar-refractivity contribution >= 4 is 23.5 Å². The van der Waals surface area contributed by atoms with Crippen molar-refractivity contribution in [1.82, 2.24) is 4.57 Å². The van der Waals surface area contributed by atoms with Gasteiger partial charge in [0.25, 0.3) is 5.56 Å². The molecule has 1 aromatic heterocycles. The van der Waals surface area contributed by atoms with Gasteiger partial charge < -0.3 is 14.6 Å². The standard InChI is InChI=1S/C16H14BNO3/c19-16-10-9-12-5-2-4-8-15(12)18(16)11-13-6-1-3-7-14(13)17(20)21/h1-10,20-21H,11H2. The van der Waals surface area contributed by atoms with Gasteiger partial charge in [-0.3, -0.25) is 4.79 Å². The number of para-hydroxylation sites is 1. The molecule has 4 nitrogen and oxygen atoms in total. The quantitative estimate of drug-likeness (QED) is 0.695. The Bertz CT molecular complexity index is 842. The van der Waals surface area contributed by atoms with Gasteiger partial charge >= 0.3 is 7.12 Å². The summed E-state index contributed by atoms with van der Waals surface area (Å²) in [6.07, 6.45) is 0. The smallest absolute Gasteiger partial charge is 0.423 e. The molecule has 2 aromatic carbocycles. The number of aromatic nitrogens is 1. The van der Waals surface area contributed by atoms with E-state index in [1.807, 2.05) is 30.3 Å². The van der Waals surface area contributed by atoms with Gasteiger partial charge in [-0.1, -0.05) is 42.5 Å². The van der Waals surface area contributed by atoms with Crippen molar-refractivity contribution < 1.29 is 10.0 Å². The summed E-state index contributed by atoms with van der Waals surface area (Å²) in [6, 6.07) is 17.9. The van der Waals surface area contributed by atoms with Crippen LogP contribution in [0.25, 0.3) is 10.9 Å². The van der Waals surface area contributed by atoms with Crippen molar-refractivity contribution in [1.29, 1.82) is 0 Å². The van der Waals surface area contributed by atoms with Crippen molar-refractivity contribution in [3.8, 4) is 0 Å². The lowest BCUT2D eigenvalue weighted by Crippen LogP contribution is -2.34. The molecule has 104 valence electrons. The first kappa shape index (κ1) is 13.6. The lowest BCUT2D eigenvalue weighted by molar-refractivity contribution is 0.425. The minimum atomic E-state index is -1.55. The van der Waals surface area contributed by atoms with E-state index in [1.54, 1.807) is 28.8 Å². The monoisotopic (exact) mass is 279 g/mol. The Morgan fingerprint density at radius 2 is 1.62 bits per heavy atom. The lowest BCUT2D eigenvalue weighted by Gasteiger charge is -2.13. The highest BCUT2D eigenvalue weighted by molar-refractivity contribution is 6.59. The van der Waals surface area contributed by atoms with Gasteiger partial charge in [-0.05, 0) is 28.5 Å². The first-order chi connectivity index (χ1) is 10.2. The molecule has 0 aliphatic heterocycles. The summed E-state index contributed by atoms with van der Waals surface area (Å²) in [4.78, 5) is 12.2. The number of pyridine rings is 1. The van der Waals surface area contributed by atoms with Crippen LogP contribution in [0.5, 0.6) is 0 Å². The van der Waals surface area contributed by atoms with Crippen LogP contribution in [0.4, 0.5) is 0 Å². The van der Waals surface area contributed by atoms with Crippen LogP contribution in [0.3, 0.4) is 0 Å². The molecule has 3 rings (SSSR count). The molecule has 1 heterocycles. The van der Waals surface area contributed by atoms with Gasteiger partial charge in [0.1, 0.15) is 0 Å². The molecule has 0 spiro atoms. The third kappa shape index (κ3) is 2.61. The molecule has 0 radical (unpaired) electrons. The highest BCUT2D eigenvalue weighted by atomic mass is 16.4. The van der Waals surface area contributed by atoms with Crippen LogP contribution in [0, 0.1) is 0 Å². The molecule has 0 saturated carbocycles. The Balaban J connectivity index is 2.15. The summed E-state index contributed by atoms with van der Waals surface area (Å²) in [7, 11) is -1.55. The van der Waals surface area contributed by atoms with Gasteiger partial charge in [0, 0.05) is 6.07 Å². The predicted molar refractivity (Wildman–Crippen MR) is 83.6 cm³/mol. The topological polar surface area (TPSA) is 62.5 Å². The van der Waals surface area contributed by atoms with Gasteiger partial charge in [-0.2, -0.15) is 0 Å². The summed E-state index contributed by atoms with van der Waals surface area (Å²) in [5.74, 6) is 0. The second-order valence-electron chi connectivity index (χ2n) is 4.89. The number of hydrogen-bond donors (Lipinski definition) is 2. The fraction of sp³-hybridized carbons (Fsp3) is 0.0625. The maximum atomic E-state index is 12.2. The van der Waals surface area contributed by atoms with E-state index in [4.69, 9.17) is 0 Å². The number of nitrogens with zero attached hydrogens (tertiary/aromatic N) is 1. The Hall–Kier alpha value is -2.37. The first-order valence-electron chi connectivity index (χ1n) is 6.69. The second-order valence-corrected chi connectivity index (χ2v) is 4.89. The maximum Gasteiger partial charge on any atom is 0.488 e. The molecule has 3 aromatic rings. The van der Waals surface area contributed by atoms with Gasteiger partial charge in [-0.15, -0.1) is 0 Å². The second kappa shape index (κ2) is 5.56. The molecule has 0 aliphatic rings. The molecule has 0 unspecified atom stereocenters. The summed E-state index contributed by atoms with van der Waals surface area (Å²) < 4.78 is 1.64. The molecular formula is C16H14BNO3. The molecule has 0 saturated heterocycles. The molecule has 0 fully saturated rings. The van der Waals surface area contributed by atoms with E-state index >= 15 is 0 Å². The van der Waals surface area contributed by atoms with Crippen LogP contribution >= 0.6 is 0 Å². The molecule has 5 heteroatoms. The number of benzene rings is 2. The highest BCUT2D eigenvalue weighted by Gasteiger charge is 2.16. The summed E-state index contributed by atoms with van der Waals surface area (Å²) in [5, 5.41) is 19.8. The number of rotatable bonds is 3. The van der Waals surface area contributed by atoms with Gasteiger partial charge in [-0.25, -0.2) is 0 Å². The molecule has 21 heavy (non-hydrogen) atoms. The third-order valence-corrected chi connectivity index (χ3v) is 3.56. The van der Waals surface area contributed by atoms with Crippen LogP contribution in [-0.2, 0) is 6.54 Å². The normalized spacial score (nSPS) is 10.8. The molecule has 2 N–H and O–H groups in total. The predicted octanol–water partition coefficient (Wildman–Crippen LogP) is 0.730. The van der Waals surface area contributed by atoms with Crippen molar-refractivity contribution in [2.45, 2.75) is 6.54 Å². The van der Waals surface area contributed by atoms with Crippen LogP contribution in [0.1, 0.15) is 5.56 Å². The van der Waals surface area contributed by atoms with Crippen molar-refractivity contribution in [2.24, 2.45) is 0 Å². The van der Waals surface area contributed by atoms with Crippen molar-refractivity contribution in [2.75, 3.05) is 0 Å². The van der Waals surface area contributed by atoms with Gasteiger partial charge in [0.05, 0.1) is 12.1 Å². The van der Waals surface area contributed by atoms with E-state index < -0.39 is 7.12 Å². The fourth-order valence-corrected chi connectivity index (χ4v) is 2.51. The molecule has 0 bridgehead atoms. The average molecular weight is 279 g/mol. The van der Waals surface area contributed by atoms with E-state index in [-0.39, 0.29) is 5.56 Å². The van der Waals surface area contributed by atoms with Crippen LogP contribution in [0.15, 0.2) is 65.5 Å². The van der Waals surface area contributed by atoms with Gasteiger partial charge in [0.2, 0.25) is 0 Å². The summed E-state index contributed by atoms with van der Waals surface area (Å²) in [6.45, 7) is 0.300. The SMILES string of the molecule is O=c1ccc2ccccc2n1Cc1ccccc1B(O)O. The minimum Gasteiger partial charge on any atom is -0.423 e. The van der Waals surface area contributed by atoms with Crippen LogP contribution < -0.4 is 11.0 Å². The summed E-state index contributed by atoms with van der Waals surface area (Å²) >= 11 is 0. The zero-order valence-electron chi connectivity index (χ0n) is 11.3. The van der Waals surface area contributed by atoms with Crippen LogP contribution in [0.2, 0.25) is 0 Å². The first-order valence-corrected chi connectivity index (χ1v) is 6.69. The van der Waals surface area contributed by atoms with Crippen LogP contribution in [-0.4, -0.2) is 21.7 Å². The largest absolute Gasteiger partial charge is 0.488 e. The molecule has 0 amide bonds. The number of hydrogen-bond acceptors (Lipinski definition) is 3. The average Bonchev–Trinajstić information content (AvgIpc) is 2.50. The zero-order valence-corrected chi connectivity index (χ0v) is 11.3. The maximum absolute atomic E-state index is 12.2. The van der Waals surface area contributed by atoms with E-state index in [0.29, 0.717) is 17.6 Å². The highest BCUT2D eigenvalue weighted by Crippen LogP contribution is 2.12. The van der Waals surface area contributed by atoms with Crippen molar-refractivity contribution in [3.05, 3.63) is 76.6 Å². The molecule has 0 aliphatic carbocycles. The Kier molecular flexibility index (Phi) is 3.60.